The molecule has 0 aliphatic heterocycles. The average molecular weight is 225 g/mol. The Balaban J connectivity index is 2.06. The molecule has 0 aromatic carbocycles. The molecule has 0 fully saturated rings. The van der Waals surface area contributed by atoms with Crippen LogP contribution in [-0.2, 0) is 0 Å². The van der Waals surface area contributed by atoms with Crippen molar-refractivity contribution in [2.75, 3.05) is 0 Å². The van der Waals surface area contributed by atoms with E-state index in [-0.39, 0.29) is 0 Å². The predicted molar refractivity (Wildman–Crippen MR) is 58.6 cm³/mol. The molecule has 6 heteroatoms. The Morgan fingerprint density at radius 1 is 0.941 bits per heavy atom. The number of hydrogen-bond donors (Lipinski definition) is 0. The van der Waals surface area contributed by atoms with Gasteiger partial charge in [-0.15, -0.1) is 5.10 Å². The molecule has 0 spiro atoms. The highest BCUT2D eigenvalue weighted by atomic mass is 16.5. The predicted octanol–water partition coefficient (Wildman–Crippen LogP) is 1.59. The summed E-state index contributed by atoms with van der Waals surface area (Å²) >= 11 is 0. The normalized spacial score (nSPS) is 10.4. The molecular weight excluding hydrogens is 218 g/mol. The maximum Gasteiger partial charge on any atom is 0.180 e. The Bertz CT molecular complexity index is 609. The number of aromatic nitrogens is 5. The van der Waals surface area contributed by atoms with Gasteiger partial charge in [0.15, 0.2) is 5.82 Å². The molecule has 0 amide bonds. The molecule has 3 rings (SSSR count). The quantitative estimate of drug-likeness (QED) is 0.659. The maximum atomic E-state index is 4.78. The summed E-state index contributed by atoms with van der Waals surface area (Å²) in [7, 11) is 0. The minimum Gasteiger partial charge on any atom is -0.364 e. The number of rotatable bonds is 2. The molecular formula is C11H7N5O. The second-order valence-electron chi connectivity index (χ2n) is 3.26. The minimum atomic E-state index is 0.513. The topological polar surface area (TPSA) is 77.6 Å². The van der Waals surface area contributed by atoms with Crippen molar-refractivity contribution >= 4 is 0 Å². The van der Waals surface area contributed by atoms with E-state index >= 15 is 0 Å². The largest absolute Gasteiger partial charge is 0.364 e. The van der Waals surface area contributed by atoms with E-state index in [1.165, 1.54) is 6.26 Å². The first kappa shape index (κ1) is 9.59. The Kier molecular flexibility index (Phi) is 2.31. The first-order valence-corrected chi connectivity index (χ1v) is 4.95. The second kappa shape index (κ2) is 4.09. The van der Waals surface area contributed by atoms with E-state index in [1.807, 2.05) is 0 Å². The summed E-state index contributed by atoms with van der Waals surface area (Å²) in [6, 6.07) is 7.09. The van der Waals surface area contributed by atoms with E-state index < -0.39 is 0 Å². The van der Waals surface area contributed by atoms with Gasteiger partial charge < -0.3 is 4.52 Å². The van der Waals surface area contributed by atoms with E-state index in [9.17, 15) is 0 Å². The highest BCUT2D eigenvalue weighted by molar-refractivity contribution is 5.57. The van der Waals surface area contributed by atoms with Crippen molar-refractivity contribution in [1.82, 2.24) is 25.3 Å². The molecule has 6 nitrogen and oxygen atoms in total. The van der Waals surface area contributed by atoms with Gasteiger partial charge in [-0.1, -0.05) is 5.16 Å². The van der Waals surface area contributed by atoms with Crippen LogP contribution in [-0.4, -0.2) is 25.3 Å². The van der Waals surface area contributed by atoms with Gasteiger partial charge in [-0.2, -0.15) is 5.10 Å². The molecule has 17 heavy (non-hydrogen) atoms. The van der Waals surface area contributed by atoms with Crippen molar-refractivity contribution in [3.8, 4) is 22.9 Å². The van der Waals surface area contributed by atoms with E-state index in [1.54, 1.807) is 36.7 Å². The fourth-order valence-electron chi connectivity index (χ4n) is 1.39. The fraction of sp³-hybridized carbons (Fsp3) is 0. The smallest absolute Gasteiger partial charge is 0.180 e. The zero-order chi connectivity index (χ0) is 11.5. The van der Waals surface area contributed by atoms with E-state index in [4.69, 9.17) is 4.52 Å². The lowest BCUT2D eigenvalue weighted by Crippen LogP contribution is -1.94. The highest BCUT2D eigenvalue weighted by Gasteiger charge is 2.07. The van der Waals surface area contributed by atoms with Crippen LogP contribution in [0.2, 0.25) is 0 Å². The van der Waals surface area contributed by atoms with Crippen molar-refractivity contribution < 1.29 is 4.52 Å². The number of nitrogens with zero attached hydrogens (tertiary/aromatic N) is 5. The van der Waals surface area contributed by atoms with Gasteiger partial charge in [0.1, 0.15) is 17.7 Å². The zero-order valence-electron chi connectivity index (χ0n) is 8.69. The summed E-state index contributed by atoms with van der Waals surface area (Å²) in [5.41, 5.74) is 1.98. The molecule has 0 bridgehead atoms. The van der Waals surface area contributed by atoms with Crippen molar-refractivity contribution in [2.45, 2.75) is 0 Å². The van der Waals surface area contributed by atoms with Gasteiger partial charge in [0.05, 0.1) is 5.69 Å². The first-order chi connectivity index (χ1) is 8.43. The van der Waals surface area contributed by atoms with Gasteiger partial charge in [0.25, 0.3) is 0 Å². The highest BCUT2D eigenvalue weighted by Crippen LogP contribution is 2.17. The molecule has 3 aromatic rings. The monoisotopic (exact) mass is 225 g/mol. The van der Waals surface area contributed by atoms with Crippen LogP contribution in [0.15, 0.2) is 47.4 Å². The third-order valence-corrected chi connectivity index (χ3v) is 2.16. The van der Waals surface area contributed by atoms with Gasteiger partial charge in [-0.25, -0.2) is 9.97 Å². The summed E-state index contributed by atoms with van der Waals surface area (Å²) in [6.07, 6.45) is 4.76. The van der Waals surface area contributed by atoms with Crippen LogP contribution in [0.25, 0.3) is 22.9 Å². The molecule has 0 saturated heterocycles. The van der Waals surface area contributed by atoms with Crippen LogP contribution in [0.1, 0.15) is 0 Å². The molecule has 0 saturated carbocycles. The van der Waals surface area contributed by atoms with Gasteiger partial charge in [-0.3, -0.25) is 0 Å². The van der Waals surface area contributed by atoms with Crippen molar-refractivity contribution in [2.24, 2.45) is 0 Å². The Morgan fingerprint density at radius 2 is 1.94 bits per heavy atom. The molecule has 0 aliphatic carbocycles. The SMILES string of the molecule is c1cnnc(-c2nccc(-c3ccon3)n2)c1. The standard InChI is InChI=1S/C11H7N5O/c1-2-10(15-13-5-1)11-12-6-3-8(14-11)9-4-7-17-16-9/h1-7H. The summed E-state index contributed by atoms with van der Waals surface area (Å²) in [6.45, 7) is 0. The zero-order valence-corrected chi connectivity index (χ0v) is 8.69. The van der Waals surface area contributed by atoms with Gasteiger partial charge >= 0.3 is 0 Å². The van der Waals surface area contributed by atoms with E-state index in [2.05, 4.69) is 25.3 Å². The van der Waals surface area contributed by atoms with Gasteiger partial charge in [0.2, 0.25) is 0 Å². The Hall–Kier alpha value is -2.63. The van der Waals surface area contributed by atoms with E-state index in [0.29, 0.717) is 22.9 Å². The van der Waals surface area contributed by atoms with Gasteiger partial charge in [0, 0.05) is 18.5 Å². The number of hydrogen-bond acceptors (Lipinski definition) is 6. The average Bonchev–Trinajstić information content (AvgIpc) is 2.94. The summed E-state index contributed by atoms with van der Waals surface area (Å²) in [4.78, 5) is 8.50. The van der Waals surface area contributed by atoms with Crippen LogP contribution < -0.4 is 0 Å². The summed E-state index contributed by atoms with van der Waals surface area (Å²) in [5.74, 6) is 0.513. The first-order valence-electron chi connectivity index (χ1n) is 4.95. The van der Waals surface area contributed by atoms with Crippen LogP contribution in [0, 0.1) is 0 Å². The summed E-state index contributed by atoms with van der Waals surface area (Å²) < 4.78 is 4.78. The lowest BCUT2D eigenvalue weighted by Gasteiger charge is -1.99. The van der Waals surface area contributed by atoms with Crippen molar-refractivity contribution in [3.63, 3.8) is 0 Å². The van der Waals surface area contributed by atoms with Crippen LogP contribution in [0.4, 0.5) is 0 Å². The lowest BCUT2D eigenvalue weighted by atomic mass is 10.3. The fourth-order valence-corrected chi connectivity index (χ4v) is 1.39. The molecule has 0 radical (unpaired) electrons. The van der Waals surface area contributed by atoms with Crippen LogP contribution in [0.5, 0.6) is 0 Å². The third-order valence-electron chi connectivity index (χ3n) is 2.16. The van der Waals surface area contributed by atoms with E-state index in [0.717, 1.165) is 0 Å². The molecule has 3 aromatic heterocycles. The minimum absolute atomic E-state index is 0.513. The maximum absolute atomic E-state index is 4.78. The van der Waals surface area contributed by atoms with Crippen molar-refractivity contribution in [1.29, 1.82) is 0 Å². The van der Waals surface area contributed by atoms with Crippen LogP contribution >= 0.6 is 0 Å². The Morgan fingerprint density at radius 3 is 2.71 bits per heavy atom. The van der Waals surface area contributed by atoms with Gasteiger partial charge in [-0.05, 0) is 18.2 Å². The molecule has 0 aliphatic rings. The molecule has 3 heterocycles. The van der Waals surface area contributed by atoms with Crippen LogP contribution in [0.3, 0.4) is 0 Å². The lowest BCUT2D eigenvalue weighted by molar-refractivity contribution is 0.422. The molecule has 0 atom stereocenters. The molecule has 0 N–H and O–H groups in total. The molecule has 82 valence electrons. The second-order valence-corrected chi connectivity index (χ2v) is 3.26. The summed E-state index contributed by atoms with van der Waals surface area (Å²) in [5, 5.41) is 11.6. The third kappa shape index (κ3) is 1.87. The van der Waals surface area contributed by atoms with Crippen molar-refractivity contribution in [3.05, 3.63) is 42.9 Å². The Labute approximate surface area is 96.4 Å². The molecule has 0 unspecified atom stereocenters.